The molecule has 11 fully saturated rings. The molecule has 7 heterocycles. The highest BCUT2D eigenvalue weighted by Gasteiger charge is 2.73. The summed E-state index contributed by atoms with van der Waals surface area (Å²) in [4.78, 5) is 71.7. The largest absolute Gasteiger partial charge is 0.479 e. The molecule has 12 aliphatic rings. The smallest absolute Gasteiger partial charge is 0.335 e. The Kier molecular flexibility index (Phi) is 33.3. The van der Waals surface area contributed by atoms with E-state index in [4.69, 9.17) is 75.8 Å². The van der Waals surface area contributed by atoms with Crippen LogP contribution in [0.2, 0.25) is 0 Å². The van der Waals surface area contributed by atoms with Crippen molar-refractivity contribution in [1.82, 2.24) is 0 Å². The number of carboxylic acids is 1. The van der Waals surface area contributed by atoms with E-state index in [-0.39, 0.29) is 43.9 Å². The number of aliphatic hydroxyl groups is 20. The molecule has 0 bridgehead atoms. The van der Waals surface area contributed by atoms with Crippen LogP contribution in [-0.4, -0.2) is 397 Å². The number of carboxylic acid groups (broad SMARTS) is 1. The van der Waals surface area contributed by atoms with Gasteiger partial charge in [0.1, 0.15) is 140 Å². The van der Waals surface area contributed by atoms with Crippen LogP contribution in [0.15, 0.2) is 11.6 Å². The number of aldehydes is 1. The third kappa shape index (κ3) is 20.2. The SMILES string of the molecule is CC[C@H](C)C(CC(O)CC(=O)O[C@H]1[C@@H](O)[C@H](O[C@@H]2O[C@@H](C)[C@H](O[C@@H]3OC[C@@H](O)[C@H](O)[C@H]3O)[C@@H](O)[C@H]2O)[C@@H](OC(=O)[C@]23CCC(C)(C)C[C@H]2C2=CCC4[C@@]5(C)CC[C@H](OC6O[C@H](C(=O)O)[C@@H](O)[C@H](O[C@H]7OC[C@@H](O)[C@H](O)[C@H]7O)[C@H]6O[C@@H]6O[C@H](CO)[C@H](O)[C@H](O)[C@H]6O)[C@@](C)(C=O)C5CC[C@@]4(C)[C@]2(C)C[C@H]3O)O[C@H]1C)OC(=O)CC(O)CC(O[C@@H]1O[C@@H](CO)[C@H](O)[C@H]1O)[C@@H](C)CC. The molecule has 129 heavy (non-hydrogen) atoms. The Hall–Kier alpha value is -4.03. The van der Waals surface area contributed by atoms with E-state index in [0.717, 1.165) is 11.9 Å². The van der Waals surface area contributed by atoms with Gasteiger partial charge in [-0.3, -0.25) is 14.4 Å². The minimum absolute atomic E-state index is 0.0335. The predicted octanol–water partition coefficient (Wildman–Crippen LogP) is -4.15. The van der Waals surface area contributed by atoms with E-state index in [1.54, 1.807) is 20.8 Å². The summed E-state index contributed by atoms with van der Waals surface area (Å²) in [5, 5.41) is 233. The van der Waals surface area contributed by atoms with Gasteiger partial charge in [-0.25, -0.2) is 4.79 Å². The van der Waals surface area contributed by atoms with Crippen molar-refractivity contribution >= 4 is 30.2 Å². The summed E-state index contributed by atoms with van der Waals surface area (Å²) in [6.45, 7) is 19.4. The van der Waals surface area contributed by atoms with Gasteiger partial charge in [-0.2, -0.15) is 0 Å². The summed E-state index contributed by atoms with van der Waals surface area (Å²) in [7, 11) is 0. The van der Waals surface area contributed by atoms with Crippen molar-refractivity contribution in [2.24, 2.45) is 62.1 Å². The lowest BCUT2D eigenvalue weighted by atomic mass is 9.33. The van der Waals surface area contributed by atoms with E-state index >= 15 is 4.79 Å². The molecular weight excluding hydrogens is 1720 g/mol. The average Bonchev–Trinajstić information content (AvgIpc) is 1.04. The Balaban J connectivity index is 0.785. The number of esters is 3. The first-order valence-electron chi connectivity index (χ1n) is 45.4. The Labute approximate surface area is 747 Å². The number of carbonyl (C=O) groups is 5. The summed E-state index contributed by atoms with van der Waals surface area (Å²) >= 11 is 0. The fraction of sp³-hybridized carbons (Fsp3) is 0.920. The second kappa shape index (κ2) is 41.3. The minimum Gasteiger partial charge on any atom is -0.479 e. The summed E-state index contributed by atoms with van der Waals surface area (Å²) in [5.74, 6) is -7.05. The molecule has 42 nitrogen and oxygen atoms in total. The van der Waals surface area contributed by atoms with Crippen molar-refractivity contribution in [3.8, 4) is 0 Å². The van der Waals surface area contributed by atoms with Gasteiger partial charge in [-0.15, -0.1) is 0 Å². The second-order valence-corrected chi connectivity index (χ2v) is 40.1. The van der Waals surface area contributed by atoms with Crippen LogP contribution in [0.4, 0.5) is 0 Å². The maximum atomic E-state index is 16.2. The number of carbonyl (C=O) groups excluding carboxylic acids is 4. The first kappa shape index (κ1) is 104. The van der Waals surface area contributed by atoms with Gasteiger partial charge in [0.2, 0.25) is 6.29 Å². The maximum absolute atomic E-state index is 16.2. The molecule has 21 N–H and O–H groups in total. The molecule has 5 aliphatic carbocycles. The van der Waals surface area contributed by atoms with Crippen LogP contribution in [0.3, 0.4) is 0 Å². The molecule has 0 aromatic heterocycles. The zero-order chi connectivity index (χ0) is 94.9. The van der Waals surface area contributed by atoms with Crippen LogP contribution < -0.4 is 0 Å². The third-order valence-electron chi connectivity index (χ3n) is 31.4. The van der Waals surface area contributed by atoms with Gasteiger partial charge in [-0.05, 0) is 123 Å². The Morgan fingerprint density at radius 3 is 1.62 bits per heavy atom. The number of aliphatic hydroxyl groups excluding tert-OH is 20. The number of ether oxygens (including phenoxy) is 16. The lowest BCUT2D eigenvalue weighted by Crippen LogP contribution is -2.69. The van der Waals surface area contributed by atoms with E-state index in [0.29, 0.717) is 51.4 Å². The molecule has 7 unspecified atom stereocenters. The Bertz CT molecular complexity index is 3790. The number of aliphatic carboxylic acids is 1. The molecule has 4 saturated carbocycles. The normalized spacial score (nSPS) is 48.4. The topological polar surface area (TPSA) is 658 Å². The van der Waals surface area contributed by atoms with Crippen LogP contribution in [0.5, 0.6) is 0 Å². The number of rotatable bonds is 32. The summed E-state index contributed by atoms with van der Waals surface area (Å²) in [6, 6.07) is 0. The van der Waals surface area contributed by atoms with Gasteiger partial charge in [-0.1, -0.05) is 93.7 Å². The summed E-state index contributed by atoms with van der Waals surface area (Å²) in [6.07, 6.45) is -61.3. The Morgan fingerprint density at radius 1 is 0.504 bits per heavy atom. The molecule has 0 spiro atoms. The van der Waals surface area contributed by atoms with Crippen molar-refractivity contribution in [2.45, 2.75) is 413 Å². The summed E-state index contributed by atoms with van der Waals surface area (Å²) < 4.78 is 96.6. The minimum atomic E-state index is -2.25. The fourth-order valence-electron chi connectivity index (χ4n) is 22.9. The maximum Gasteiger partial charge on any atom is 0.335 e. The van der Waals surface area contributed by atoms with E-state index in [9.17, 15) is 126 Å². The van der Waals surface area contributed by atoms with Gasteiger partial charge in [0.15, 0.2) is 56.1 Å². The van der Waals surface area contributed by atoms with Crippen molar-refractivity contribution in [2.75, 3.05) is 26.4 Å². The molecule has 0 aromatic rings. The van der Waals surface area contributed by atoms with E-state index < -0.39 is 347 Å². The second-order valence-electron chi connectivity index (χ2n) is 40.1. The number of allylic oxidation sites excluding steroid dienone is 2. The Morgan fingerprint density at radius 2 is 1.02 bits per heavy atom. The van der Waals surface area contributed by atoms with Crippen LogP contribution in [0.1, 0.15) is 179 Å². The monoisotopic (exact) mass is 1860 g/mol. The zero-order valence-electron chi connectivity index (χ0n) is 74.9. The molecule has 0 radical (unpaired) electrons. The quantitative estimate of drug-likeness (QED) is 0.00999. The van der Waals surface area contributed by atoms with Gasteiger partial charge < -0.3 is 188 Å². The first-order chi connectivity index (χ1) is 60.5. The molecule has 42 heteroatoms. The van der Waals surface area contributed by atoms with E-state index in [1.165, 1.54) is 13.8 Å². The molecule has 0 amide bonds. The van der Waals surface area contributed by atoms with Crippen LogP contribution in [-0.2, 0) is 99.8 Å². The molecule has 48 atom stereocenters. The van der Waals surface area contributed by atoms with Crippen molar-refractivity contribution in [3.05, 3.63) is 11.6 Å². The van der Waals surface area contributed by atoms with Gasteiger partial charge in [0, 0.05) is 12.8 Å². The molecule has 12 rings (SSSR count). The lowest BCUT2D eigenvalue weighted by molar-refractivity contribution is -0.391. The first-order valence-corrected chi connectivity index (χ1v) is 45.4. The van der Waals surface area contributed by atoms with E-state index in [2.05, 4.69) is 26.8 Å². The van der Waals surface area contributed by atoms with Gasteiger partial charge in [0.25, 0.3) is 0 Å². The summed E-state index contributed by atoms with van der Waals surface area (Å²) in [5.41, 5.74) is -5.35. The highest BCUT2D eigenvalue weighted by Crippen LogP contribution is 2.76. The average molecular weight is 1860 g/mol. The number of hydrogen-bond donors (Lipinski definition) is 21. The van der Waals surface area contributed by atoms with Crippen molar-refractivity contribution in [1.29, 1.82) is 0 Å². The molecule has 0 aromatic carbocycles. The van der Waals surface area contributed by atoms with Crippen LogP contribution >= 0.6 is 0 Å². The van der Waals surface area contributed by atoms with Crippen LogP contribution in [0.25, 0.3) is 0 Å². The fourth-order valence-corrected chi connectivity index (χ4v) is 22.9. The molecule has 7 aliphatic heterocycles. The highest BCUT2D eigenvalue weighted by molar-refractivity contribution is 5.80. The number of hydrogen-bond acceptors (Lipinski definition) is 41. The molecule has 7 saturated heterocycles. The zero-order valence-corrected chi connectivity index (χ0v) is 74.9. The predicted molar refractivity (Wildman–Crippen MR) is 431 cm³/mol. The number of fused-ring (bicyclic) bond motifs is 7. The highest BCUT2D eigenvalue weighted by atomic mass is 16.8. The van der Waals surface area contributed by atoms with Crippen LogP contribution in [0, 0.1) is 62.1 Å². The molecular formula is C87H140O42. The molecule has 740 valence electrons. The van der Waals surface area contributed by atoms with Crippen molar-refractivity contribution < 1.29 is 207 Å². The standard InChI is InChI=1S/C87H140O42/c1-13-34(3)44(118-52(96)25-39(92)24-45(35(4)14-2)119-77-62(106)57(101)47(30-89)120-77)23-38(91)26-53(97)123-68-37(6)117-79(71(65(68)109)127-76-64(108)59(103)67(36(5)116-76)124-74-60(104)54(98)42(93)31-114-74)129-81(113)87-22-21-82(7,8)27-41(87)40-15-16-49-83(9)19-18-51(84(10,33-90)48(83)17-20-85(49,11)86(40,12)28-50(87)95)122-80-72(128-78-63(107)58(102)56(100)46(29-88)121-78)69(66(110)70(126-80)73(111)112)125-75-61(105)55(99)43(94)32-115-75/h15,33-39,41-51,54-72,74-80,88-89,91-95,98-110H,13-14,16-32H2,1-12H3,(H,111,112)/t34-,35-,36-,37-,38?,39?,41-,42+,43+,44?,45?,46+,47-,48?,49?,50+,51-,54-,55-,56-,57-,58-,59-,60+,61+,62+,63+,64+,65+,66-,67-,68+,69-,70-,71-,72+,74-,75+,76-,77+,78-,79+,80?,83-,84-,85+,86+,87+/m0/s1. The third-order valence-corrected chi connectivity index (χ3v) is 31.4. The lowest BCUT2D eigenvalue weighted by Gasteiger charge is -2.71. The van der Waals surface area contributed by atoms with Crippen molar-refractivity contribution in [3.63, 3.8) is 0 Å². The van der Waals surface area contributed by atoms with Gasteiger partial charge >= 0.3 is 23.9 Å². The van der Waals surface area contributed by atoms with Gasteiger partial charge in [0.05, 0.1) is 87.4 Å². The van der Waals surface area contributed by atoms with E-state index in [1.807, 2.05) is 27.7 Å².